The molecule has 1 atom stereocenters. The van der Waals surface area contributed by atoms with E-state index in [1.54, 1.807) is 12.1 Å². The molecule has 0 saturated carbocycles. The summed E-state index contributed by atoms with van der Waals surface area (Å²) in [7, 11) is 0. The summed E-state index contributed by atoms with van der Waals surface area (Å²) in [6.07, 6.45) is 2.14. The molecule has 1 N–H and O–H groups in total. The van der Waals surface area contributed by atoms with Gasteiger partial charge in [-0.15, -0.1) is 10.2 Å². The molecule has 1 unspecified atom stereocenters. The molecule has 1 aliphatic rings. The van der Waals surface area contributed by atoms with E-state index >= 15 is 0 Å². The highest BCUT2D eigenvalue weighted by Crippen LogP contribution is 2.26. The van der Waals surface area contributed by atoms with Gasteiger partial charge in [-0.3, -0.25) is 0 Å². The summed E-state index contributed by atoms with van der Waals surface area (Å²) in [4.78, 5) is 0.584. The van der Waals surface area contributed by atoms with Gasteiger partial charge in [0.2, 0.25) is 0 Å². The molecule has 3 rings (SSSR count). The molecule has 22 heavy (non-hydrogen) atoms. The van der Waals surface area contributed by atoms with Crippen molar-refractivity contribution in [3.8, 4) is 0 Å². The van der Waals surface area contributed by atoms with E-state index in [0.717, 1.165) is 36.6 Å². The van der Waals surface area contributed by atoms with Gasteiger partial charge in [0.15, 0.2) is 0 Å². The Kier molecular flexibility index (Phi) is 4.73. The Labute approximate surface area is 132 Å². The van der Waals surface area contributed by atoms with Crippen LogP contribution in [0.5, 0.6) is 0 Å². The Hall–Kier alpha value is -1.47. The van der Waals surface area contributed by atoms with Crippen LogP contribution < -0.4 is 5.32 Å². The van der Waals surface area contributed by atoms with Gasteiger partial charge < -0.3 is 9.88 Å². The summed E-state index contributed by atoms with van der Waals surface area (Å²) in [6.45, 7) is 3.70. The smallest absolute Gasteiger partial charge is 0.288 e. The summed E-state index contributed by atoms with van der Waals surface area (Å²) in [5.74, 6) is -0.349. The van der Waals surface area contributed by atoms with Crippen LogP contribution in [0.4, 0.5) is 8.78 Å². The molecule has 1 aromatic carbocycles. The number of rotatable bonds is 6. The number of aromatic nitrogens is 3. The van der Waals surface area contributed by atoms with Gasteiger partial charge in [-0.05, 0) is 31.0 Å². The van der Waals surface area contributed by atoms with Gasteiger partial charge in [-0.1, -0.05) is 23.9 Å². The van der Waals surface area contributed by atoms with Crippen molar-refractivity contribution in [2.24, 2.45) is 0 Å². The Bertz CT molecular complexity index is 627. The van der Waals surface area contributed by atoms with E-state index in [0.29, 0.717) is 23.2 Å². The molecule has 0 radical (unpaired) electrons. The lowest BCUT2D eigenvalue weighted by atomic mass is 10.1. The molecule has 118 valence electrons. The first kappa shape index (κ1) is 15.4. The first-order valence-electron chi connectivity index (χ1n) is 7.32. The van der Waals surface area contributed by atoms with E-state index in [9.17, 15) is 8.78 Å². The predicted octanol–water partition coefficient (Wildman–Crippen LogP) is 3.39. The minimum Gasteiger partial charge on any atom is -0.314 e. The zero-order valence-corrected chi connectivity index (χ0v) is 13.1. The number of alkyl halides is 2. The SMILES string of the molecule is CC(NCc1nnc2n1CCC2)c1ccc(SC(F)F)cc1. The number of thioether (sulfide) groups is 1. The molecule has 2 aromatic rings. The Morgan fingerprint density at radius 3 is 2.77 bits per heavy atom. The predicted molar refractivity (Wildman–Crippen MR) is 81.9 cm³/mol. The standard InChI is InChI=1S/C15H18F2N4S/c1-10(11-4-6-12(7-5-11)22-15(16)17)18-9-14-20-19-13-3-2-8-21(13)14/h4-7,10,15,18H,2-3,8-9H2,1H3. The summed E-state index contributed by atoms with van der Waals surface area (Å²) >= 11 is 0.568. The minimum atomic E-state index is -2.38. The Balaban J connectivity index is 1.58. The number of halogens is 2. The van der Waals surface area contributed by atoms with Crippen LogP contribution in [0.3, 0.4) is 0 Å². The Morgan fingerprint density at radius 1 is 1.27 bits per heavy atom. The average molecular weight is 324 g/mol. The molecular formula is C15H18F2N4S. The van der Waals surface area contributed by atoms with Crippen LogP contribution in [0, 0.1) is 0 Å². The van der Waals surface area contributed by atoms with Crippen LogP contribution >= 0.6 is 11.8 Å². The van der Waals surface area contributed by atoms with Crippen LogP contribution in [0.1, 0.15) is 36.6 Å². The van der Waals surface area contributed by atoms with Gasteiger partial charge >= 0.3 is 0 Å². The molecule has 1 aliphatic heterocycles. The van der Waals surface area contributed by atoms with Crippen LogP contribution in [-0.4, -0.2) is 20.5 Å². The molecule has 0 aliphatic carbocycles. The number of hydrogen-bond donors (Lipinski definition) is 1. The number of benzene rings is 1. The second kappa shape index (κ2) is 6.75. The van der Waals surface area contributed by atoms with Crippen molar-refractivity contribution in [3.63, 3.8) is 0 Å². The lowest BCUT2D eigenvalue weighted by Gasteiger charge is -2.14. The van der Waals surface area contributed by atoms with Crippen LogP contribution in [0.15, 0.2) is 29.2 Å². The third-order valence-corrected chi connectivity index (χ3v) is 4.58. The van der Waals surface area contributed by atoms with E-state index in [4.69, 9.17) is 0 Å². The van der Waals surface area contributed by atoms with E-state index in [2.05, 4.69) is 27.0 Å². The highest BCUT2D eigenvalue weighted by Gasteiger charge is 2.17. The fraction of sp³-hybridized carbons (Fsp3) is 0.467. The minimum absolute atomic E-state index is 0.125. The van der Waals surface area contributed by atoms with Crippen molar-refractivity contribution in [1.82, 2.24) is 20.1 Å². The fourth-order valence-electron chi connectivity index (χ4n) is 2.64. The van der Waals surface area contributed by atoms with E-state index in [1.807, 2.05) is 12.1 Å². The normalized spacial score (nSPS) is 15.3. The molecule has 0 spiro atoms. The lowest BCUT2D eigenvalue weighted by Crippen LogP contribution is -2.20. The maximum Gasteiger partial charge on any atom is 0.288 e. The zero-order chi connectivity index (χ0) is 15.5. The molecule has 7 heteroatoms. The topological polar surface area (TPSA) is 42.7 Å². The molecule has 4 nitrogen and oxygen atoms in total. The van der Waals surface area contributed by atoms with Gasteiger partial charge in [0.1, 0.15) is 11.6 Å². The third kappa shape index (κ3) is 3.47. The summed E-state index contributed by atoms with van der Waals surface area (Å²) in [5.41, 5.74) is 1.07. The van der Waals surface area contributed by atoms with E-state index < -0.39 is 5.76 Å². The molecule has 2 heterocycles. The van der Waals surface area contributed by atoms with E-state index in [-0.39, 0.29) is 6.04 Å². The molecular weight excluding hydrogens is 306 g/mol. The van der Waals surface area contributed by atoms with Crippen LogP contribution in [0.25, 0.3) is 0 Å². The summed E-state index contributed by atoms with van der Waals surface area (Å²) in [5, 5.41) is 11.8. The second-order valence-electron chi connectivity index (χ2n) is 5.34. The van der Waals surface area contributed by atoms with Gasteiger partial charge in [0.25, 0.3) is 5.76 Å². The van der Waals surface area contributed by atoms with Crippen molar-refractivity contribution in [2.75, 3.05) is 0 Å². The number of nitrogens with one attached hydrogen (secondary N) is 1. The lowest BCUT2D eigenvalue weighted by molar-refractivity contribution is 0.252. The maximum atomic E-state index is 12.3. The summed E-state index contributed by atoms with van der Waals surface area (Å²) < 4.78 is 26.8. The largest absolute Gasteiger partial charge is 0.314 e. The van der Waals surface area contributed by atoms with Crippen LogP contribution in [0.2, 0.25) is 0 Å². The van der Waals surface area contributed by atoms with Gasteiger partial charge in [0.05, 0.1) is 6.54 Å². The number of aryl methyl sites for hydroxylation is 1. The van der Waals surface area contributed by atoms with Crippen LogP contribution in [-0.2, 0) is 19.5 Å². The molecule has 0 saturated heterocycles. The van der Waals surface area contributed by atoms with Crippen molar-refractivity contribution in [1.29, 1.82) is 0 Å². The average Bonchev–Trinajstić information content (AvgIpc) is 3.08. The zero-order valence-electron chi connectivity index (χ0n) is 12.3. The Morgan fingerprint density at radius 2 is 2.05 bits per heavy atom. The number of nitrogens with zero attached hydrogens (tertiary/aromatic N) is 3. The summed E-state index contributed by atoms with van der Waals surface area (Å²) in [6, 6.07) is 7.37. The fourth-order valence-corrected chi connectivity index (χ4v) is 3.14. The first-order valence-corrected chi connectivity index (χ1v) is 8.20. The highest BCUT2D eigenvalue weighted by atomic mass is 32.2. The number of fused-ring (bicyclic) bond motifs is 1. The molecule has 0 amide bonds. The first-order chi connectivity index (χ1) is 10.6. The maximum absolute atomic E-state index is 12.3. The van der Waals surface area contributed by atoms with E-state index in [1.165, 1.54) is 0 Å². The monoisotopic (exact) mass is 324 g/mol. The van der Waals surface area contributed by atoms with Crippen molar-refractivity contribution in [2.45, 2.75) is 49.5 Å². The molecule has 0 bridgehead atoms. The molecule has 1 aromatic heterocycles. The third-order valence-electron chi connectivity index (χ3n) is 3.86. The van der Waals surface area contributed by atoms with Crippen molar-refractivity contribution in [3.05, 3.63) is 41.5 Å². The van der Waals surface area contributed by atoms with Gasteiger partial charge in [-0.25, -0.2) is 0 Å². The number of hydrogen-bond acceptors (Lipinski definition) is 4. The second-order valence-corrected chi connectivity index (χ2v) is 6.40. The van der Waals surface area contributed by atoms with Gasteiger partial charge in [0, 0.05) is 23.9 Å². The molecule has 0 fully saturated rings. The quantitative estimate of drug-likeness (QED) is 0.827. The van der Waals surface area contributed by atoms with Gasteiger partial charge in [-0.2, -0.15) is 8.78 Å². The highest BCUT2D eigenvalue weighted by molar-refractivity contribution is 7.99. The van der Waals surface area contributed by atoms with Crippen molar-refractivity contribution >= 4 is 11.8 Å². The van der Waals surface area contributed by atoms with Crippen molar-refractivity contribution < 1.29 is 8.78 Å².